The highest BCUT2D eigenvalue weighted by atomic mass is 19.1. The highest BCUT2D eigenvalue weighted by Gasteiger charge is 2.21. The van der Waals surface area contributed by atoms with Crippen LogP contribution in [0, 0.1) is 11.7 Å². The van der Waals surface area contributed by atoms with Gasteiger partial charge >= 0.3 is 6.09 Å². The van der Waals surface area contributed by atoms with Crippen molar-refractivity contribution in [2.24, 2.45) is 11.7 Å². The van der Waals surface area contributed by atoms with Gasteiger partial charge < -0.3 is 15.4 Å². The lowest BCUT2D eigenvalue weighted by molar-refractivity contribution is 0.129. The Balaban J connectivity index is 1.74. The molecule has 1 aliphatic rings. The number of halogens is 1. The van der Waals surface area contributed by atoms with Gasteiger partial charge in [-0.1, -0.05) is 0 Å². The Morgan fingerprint density at radius 1 is 1.36 bits per heavy atom. The number of rotatable bonds is 3. The van der Waals surface area contributed by atoms with E-state index in [2.05, 4.69) is 9.88 Å². The lowest BCUT2D eigenvalue weighted by Crippen LogP contribution is -2.35. The fourth-order valence-corrected chi connectivity index (χ4v) is 2.92. The molecule has 1 aromatic heterocycles. The van der Waals surface area contributed by atoms with E-state index < -0.39 is 6.09 Å². The number of nitrogens with zero attached hydrogens (tertiary/aromatic N) is 2. The van der Waals surface area contributed by atoms with E-state index >= 15 is 0 Å². The predicted molar refractivity (Wildman–Crippen MR) is 82.2 cm³/mol. The van der Waals surface area contributed by atoms with E-state index in [9.17, 15) is 9.18 Å². The molecule has 0 aliphatic carbocycles. The largest absolute Gasteiger partial charge is 0.449 e. The van der Waals surface area contributed by atoms with Gasteiger partial charge in [0, 0.05) is 30.4 Å². The molecule has 0 bridgehead atoms. The summed E-state index contributed by atoms with van der Waals surface area (Å²) in [6, 6.07) is 6.57. The number of hydrogen-bond acceptors (Lipinski definition) is 4. The van der Waals surface area contributed by atoms with Crippen molar-refractivity contribution in [1.29, 1.82) is 0 Å². The van der Waals surface area contributed by atoms with Gasteiger partial charge in [0.05, 0.1) is 12.1 Å². The van der Waals surface area contributed by atoms with Gasteiger partial charge in [-0.25, -0.2) is 9.18 Å². The van der Waals surface area contributed by atoms with Gasteiger partial charge in [-0.05, 0) is 43.0 Å². The molecule has 22 heavy (non-hydrogen) atoms. The smallest absolute Gasteiger partial charge is 0.404 e. The number of ether oxygens (including phenoxy) is 1. The first kappa shape index (κ1) is 14.6. The van der Waals surface area contributed by atoms with Crippen molar-refractivity contribution in [2.45, 2.75) is 12.8 Å². The molecule has 1 aliphatic heterocycles. The second kappa shape index (κ2) is 6.17. The summed E-state index contributed by atoms with van der Waals surface area (Å²) in [6.45, 7) is 2.04. The van der Waals surface area contributed by atoms with E-state index in [4.69, 9.17) is 10.5 Å². The average molecular weight is 303 g/mol. The fraction of sp³-hybridized carbons (Fsp3) is 0.375. The zero-order valence-corrected chi connectivity index (χ0v) is 12.2. The minimum atomic E-state index is -0.724. The summed E-state index contributed by atoms with van der Waals surface area (Å²) >= 11 is 0. The van der Waals surface area contributed by atoms with E-state index in [0.717, 1.165) is 42.5 Å². The topological polar surface area (TPSA) is 68.5 Å². The molecule has 0 atom stereocenters. The molecule has 1 amide bonds. The van der Waals surface area contributed by atoms with Crippen LogP contribution in [0.2, 0.25) is 0 Å². The summed E-state index contributed by atoms with van der Waals surface area (Å²) in [5, 5.41) is 0.828. The molecule has 2 aromatic rings. The van der Waals surface area contributed by atoms with E-state index in [1.165, 1.54) is 12.1 Å². The Morgan fingerprint density at radius 3 is 2.86 bits per heavy atom. The Labute approximate surface area is 127 Å². The van der Waals surface area contributed by atoms with Crippen LogP contribution >= 0.6 is 0 Å². The molecule has 0 spiro atoms. The lowest BCUT2D eigenvalue weighted by Gasteiger charge is -2.33. The van der Waals surface area contributed by atoms with Crippen LogP contribution in [0.1, 0.15) is 12.8 Å². The highest BCUT2D eigenvalue weighted by Crippen LogP contribution is 2.29. The Kier molecular flexibility index (Phi) is 4.09. The lowest BCUT2D eigenvalue weighted by atomic mass is 9.97. The summed E-state index contributed by atoms with van der Waals surface area (Å²) in [6.07, 6.45) is 2.84. The Morgan fingerprint density at radius 2 is 2.14 bits per heavy atom. The first-order valence-corrected chi connectivity index (χ1v) is 7.35. The molecule has 1 saturated heterocycles. The van der Waals surface area contributed by atoms with Gasteiger partial charge in [-0.2, -0.15) is 0 Å². The van der Waals surface area contributed by atoms with Gasteiger partial charge in [-0.15, -0.1) is 0 Å². The number of pyridine rings is 1. The third-order valence-electron chi connectivity index (χ3n) is 4.10. The van der Waals surface area contributed by atoms with Crippen LogP contribution in [-0.2, 0) is 4.74 Å². The number of primary amides is 1. The van der Waals surface area contributed by atoms with Crippen molar-refractivity contribution in [3.8, 4) is 0 Å². The van der Waals surface area contributed by atoms with Gasteiger partial charge in [0.2, 0.25) is 0 Å². The number of amides is 1. The molecule has 0 radical (unpaired) electrons. The third kappa shape index (κ3) is 3.10. The van der Waals surface area contributed by atoms with E-state index in [1.54, 1.807) is 12.3 Å². The molecular formula is C16H18FN3O2. The third-order valence-corrected chi connectivity index (χ3v) is 4.10. The Bertz CT molecular complexity index is 684. The van der Waals surface area contributed by atoms with Crippen LogP contribution < -0.4 is 10.6 Å². The number of aromatic nitrogens is 1. The maximum absolute atomic E-state index is 13.5. The number of nitrogens with two attached hydrogens (primary N) is 1. The second-order valence-electron chi connectivity index (χ2n) is 5.55. The summed E-state index contributed by atoms with van der Waals surface area (Å²) < 4.78 is 18.4. The van der Waals surface area contributed by atoms with E-state index in [-0.39, 0.29) is 5.82 Å². The SMILES string of the molecule is NC(=O)OCC1CCN(c2ccnc3ccc(F)cc23)CC1. The predicted octanol–water partition coefficient (Wildman–Crippen LogP) is 2.69. The van der Waals surface area contributed by atoms with Crippen LogP contribution in [0.4, 0.5) is 14.9 Å². The van der Waals surface area contributed by atoms with Gasteiger partial charge in [-0.3, -0.25) is 4.98 Å². The zero-order chi connectivity index (χ0) is 15.5. The molecule has 6 heteroatoms. The maximum atomic E-state index is 13.5. The molecule has 3 rings (SSSR count). The molecule has 2 N–H and O–H groups in total. The zero-order valence-electron chi connectivity index (χ0n) is 12.2. The second-order valence-corrected chi connectivity index (χ2v) is 5.55. The minimum Gasteiger partial charge on any atom is -0.449 e. The van der Waals surface area contributed by atoms with Gasteiger partial charge in [0.25, 0.3) is 0 Å². The quantitative estimate of drug-likeness (QED) is 0.946. The van der Waals surface area contributed by atoms with Crippen molar-refractivity contribution < 1.29 is 13.9 Å². The van der Waals surface area contributed by atoms with E-state index in [0.29, 0.717) is 12.5 Å². The first-order chi connectivity index (χ1) is 10.6. The molecule has 0 unspecified atom stereocenters. The summed E-state index contributed by atoms with van der Waals surface area (Å²) in [4.78, 5) is 17.2. The molecule has 0 saturated carbocycles. The van der Waals surface area contributed by atoms with Crippen LogP contribution in [0.25, 0.3) is 10.9 Å². The molecular weight excluding hydrogens is 285 g/mol. The van der Waals surface area contributed by atoms with Crippen LogP contribution in [0.3, 0.4) is 0 Å². The number of anilines is 1. The van der Waals surface area contributed by atoms with Gasteiger partial charge in [0.15, 0.2) is 0 Å². The number of carbonyl (C=O) groups is 1. The molecule has 1 aromatic carbocycles. The van der Waals surface area contributed by atoms with Crippen molar-refractivity contribution in [3.63, 3.8) is 0 Å². The van der Waals surface area contributed by atoms with E-state index in [1.807, 2.05) is 6.07 Å². The van der Waals surface area contributed by atoms with Crippen LogP contribution in [0.5, 0.6) is 0 Å². The molecule has 5 nitrogen and oxygen atoms in total. The summed E-state index contributed by atoms with van der Waals surface area (Å²) in [5.41, 5.74) is 6.78. The number of piperidine rings is 1. The number of benzene rings is 1. The molecule has 1 fully saturated rings. The highest BCUT2D eigenvalue weighted by molar-refractivity contribution is 5.91. The van der Waals surface area contributed by atoms with Crippen molar-refractivity contribution in [3.05, 3.63) is 36.3 Å². The van der Waals surface area contributed by atoms with Gasteiger partial charge in [0.1, 0.15) is 5.82 Å². The monoisotopic (exact) mass is 303 g/mol. The average Bonchev–Trinajstić information content (AvgIpc) is 2.53. The normalized spacial score (nSPS) is 16.0. The maximum Gasteiger partial charge on any atom is 0.404 e. The fourth-order valence-electron chi connectivity index (χ4n) is 2.92. The summed E-state index contributed by atoms with van der Waals surface area (Å²) in [5.74, 6) is 0.0695. The van der Waals surface area contributed by atoms with Crippen molar-refractivity contribution in [2.75, 3.05) is 24.6 Å². The van der Waals surface area contributed by atoms with Crippen LogP contribution in [-0.4, -0.2) is 30.8 Å². The standard InChI is InChI=1S/C16H18FN3O2/c17-12-1-2-14-13(9-12)15(3-6-19-14)20-7-4-11(5-8-20)10-22-16(18)21/h1-3,6,9,11H,4-5,7-8,10H2,(H2,18,21). The number of fused-ring (bicyclic) bond motifs is 1. The minimum absolute atomic E-state index is 0.258. The number of hydrogen-bond donors (Lipinski definition) is 1. The number of carbonyl (C=O) groups excluding carboxylic acids is 1. The Hall–Kier alpha value is -2.37. The molecule has 2 heterocycles. The van der Waals surface area contributed by atoms with Crippen LogP contribution in [0.15, 0.2) is 30.5 Å². The van der Waals surface area contributed by atoms with Crippen molar-refractivity contribution >= 4 is 22.7 Å². The molecule has 116 valence electrons. The van der Waals surface area contributed by atoms with Crippen molar-refractivity contribution in [1.82, 2.24) is 4.98 Å². The first-order valence-electron chi connectivity index (χ1n) is 7.35. The summed E-state index contributed by atoms with van der Waals surface area (Å²) in [7, 11) is 0.